The number of nitrogens with two attached hydrogens (primary N) is 1. The second kappa shape index (κ2) is 13.3. The van der Waals surface area contributed by atoms with E-state index in [1.54, 1.807) is 0 Å². The van der Waals surface area contributed by atoms with Gasteiger partial charge in [0.25, 0.3) is 0 Å². The maximum absolute atomic E-state index is 12.4. The van der Waals surface area contributed by atoms with Gasteiger partial charge in [-0.25, -0.2) is 0 Å². The third-order valence-corrected chi connectivity index (χ3v) is 6.04. The highest BCUT2D eigenvalue weighted by Crippen LogP contribution is 2.21. The molecule has 2 heterocycles. The molecule has 0 spiro atoms. The number of nitrogens with zero attached hydrogens (tertiary/aromatic N) is 2. The van der Waals surface area contributed by atoms with Crippen molar-refractivity contribution < 1.29 is 14.4 Å². The maximum Gasteiger partial charge on any atom is 0.249 e. The Labute approximate surface area is 196 Å². The van der Waals surface area contributed by atoms with Crippen LogP contribution in [0.5, 0.6) is 0 Å². The molecule has 0 aliphatic carbocycles. The molecule has 2 saturated heterocycles. The number of halogens is 1. The molecule has 0 aromatic heterocycles. The Kier molecular flexibility index (Phi) is 10.8. The van der Waals surface area contributed by atoms with Crippen molar-refractivity contribution in [3.63, 3.8) is 0 Å². The van der Waals surface area contributed by atoms with Crippen molar-refractivity contribution in [3.8, 4) is 0 Å². The largest absolute Gasteiger partial charge is 0.374 e. The first-order valence-corrected chi connectivity index (χ1v) is 11.5. The number of unbranched alkanes of at least 4 members (excludes halogenated alkanes) is 4. The number of rotatable bonds is 10. The molecule has 0 radical (unpaired) electrons. The fraction of sp³-hybridized carbons (Fsp3) is 0.609. The van der Waals surface area contributed by atoms with Gasteiger partial charge in [0.2, 0.25) is 17.7 Å². The highest BCUT2D eigenvalue weighted by Gasteiger charge is 2.26. The summed E-state index contributed by atoms with van der Waals surface area (Å²) in [5.41, 5.74) is 7.48. The van der Waals surface area contributed by atoms with E-state index in [9.17, 15) is 14.4 Å². The molecule has 2 aliphatic heterocycles. The number of amides is 3. The summed E-state index contributed by atoms with van der Waals surface area (Å²) < 4.78 is 0. The Morgan fingerprint density at radius 2 is 1.66 bits per heavy atom. The van der Waals surface area contributed by atoms with Gasteiger partial charge in [0.1, 0.15) is 6.04 Å². The highest BCUT2D eigenvalue weighted by molar-refractivity contribution is 6.01. The number of benzene rings is 1. The van der Waals surface area contributed by atoms with E-state index in [1.165, 1.54) is 0 Å². The van der Waals surface area contributed by atoms with E-state index in [1.807, 2.05) is 29.2 Å². The average Bonchev–Trinajstić information content (AvgIpc) is 2.78. The van der Waals surface area contributed by atoms with Crippen LogP contribution in [0.2, 0.25) is 0 Å². The van der Waals surface area contributed by atoms with Crippen LogP contribution < -0.4 is 21.3 Å². The van der Waals surface area contributed by atoms with Gasteiger partial charge in [0.15, 0.2) is 0 Å². The Balaban J connectivity index is 0.00000363. The smallest absolute Gasteiger partial charge is 0.249 e. The Morgan fingerprint density at radius 3 is 2.31 bits per heavy atom. The lowest BCUT2D eigenvalue weighted by atomic mass is 10.1. The van der Waals surface area contributed by atoms with Crippen molar-refractivity contribution >= 4 is 41.5 Å². The number of nitrogens with one attached hydrogen (secondary N) is 2. The second-order valence-corrected chi connectivity index (χ2v) is 8.37. The SMILES string of the molecule is Cl.NCCCCCCCC(=O)N1CCN(c2ccc(NC3CCC(=O)NC3=O)cc2)CC1. The predicted molar refractivity (Wildman–Crippen MR) is 129 cm³/mol. The predicted octanol–water partition coefficient (Wildman–Crippen LogP) is 2.27. The first-order chi connectivity index (χ1) is 15.1. The van der Waals surface area contributed by atoms with Gasteiger partial charge in [0, 0.05) is 50.4 Å². The van der Waals surface area contributed by atoms with E-state index < -0.39 is 0 Å². The number of hydrogen-bond donors (Lipinski definition) is 3. The van der Waals surface area contributed by atoms with E-state index in [4.69, 9.17) is 5.73 Å². The first-order valence-electron chi connectivity index (χ1n) is 11.5. The quantitative estimate of drug-likeness (QED) is 0.361. The van der Waals surface area contributed by atoms with Crippen LogP contribution in [0.4, 0.5) is 11.4 Å². The van der Waals surface area contributed by atoms with E-state index in [0.717, 1.165) is 76.2 Å². The van der Waals surface area contributed by atoms with Crippen molar-refractivity contribution in [2.24, 2.45) is 5.73 Å². The standard InChI is InChI=1S/C23H35N5O3.ClH/c24-13-5-3-1-2-4-6-22(30)28-16-14-27(15-17-28)19-9-7-18(8-10-19)25-20-11-12-21(29)26-23(20)31;/h7-10,20,25H,1-6,11-17,24H2,(H,26,29,31);1H. The average molecular weight is 466 g/mol. The molecule has 2 fully saturated rings. The molecule has 1 aromatic rings. The lowest BCUT2D eigenvalue weighted by molar-refractivity contribution is -0.134. The van der Waals surface area contributed by atoms with Crippen molar-refractivity contribution in [2.45, 2.75) is 57.4 Å². The van der Waals surface area contributed by atoms with Crippen LogP contribution in [-0.4, -0.2) is 61.4 Å². The van der Waals surface area contributed by atoms with Crippen molar-refractivity contribution in [2.75, 3.05) is 42.9 Å². The number of piperazine rings is 1. The molecule has 1 atom stereocenters. The minimum atomic E-state index is -0.376. The molecule has 8 nitrogen and oxygen atoms in total. The zero-order valence-corrected chi connectivity index (χ0v) is 19.5. The normalized spacial score (nSPS) is 18.7. The highest BCUT2D eigenvalue weighted by atomic mass is 35.5. The lowest BCUT2D eigenvalue weighted by Gasteiger charge is -2.36. The van der Waals surface area contributed by atoms with Crippen LogP contribution in [-0.2, 0) is 14.4 Å². The minimum Gasteiger partial charge on any atom is -0.374 e. The monoisotopic (exact) mass is 465 g/mol. The summed E-state index contributed by atoms with van der Waals surface area (Å²) in [6.45, 7) is 3.90. The molecule has 1 unspecified atom stereocenters. The molecule has 4 N–H and O–H groups in total. The molecule has 1 aromatic carbocycles. The number of hydrogen-bond acceptors (Lipinski definition) is 6. The molecule has 9 heteroatoms. The lowest BCUT2D eigenvalue weighted by Crippen LogP contribution is -2.48. The summed E-state index contributed by atoms with van der Waals surface area (Å²) in [7, 11) is 0. The Bertz CT molecular complexity index is 751. The zero-order chi connectivity index (χ0) is 22.1. The first kappa shape index (κ1) is 25.9. The van der Waals surface area contributed by atoms with Crippen molar-refractivity contribution in [1.82, 2.24) is 10.2 Å². The zero-order valence-electron chi connectivity index (χ0n) is 18.7. The van der Waals surface area contributed by atoms with Gasteiger partial charge in [-0.3, -0.25) is 19.7 Å². The summed E-state index contributed by atoms with van der Waals surface area (Å²) >= 11 is 0. The maximum atomic E-state index is 12.4. The summed E-state index contributed by atoms with van der Waals surface area (Å²) in [6.07, 6.45) is 6.97. The molecular formula is C23H36ClN5O3. The van der Waals surface area contributed by atoms with Crippen LogP contribution in [0, 0.1) is 0 Å². The van der Waals surface area contributed by atoms with Crippen LogP contribution in [0.15, 0.2) is 24.3 Å². The van der Waals surface area contributed by atoms with Gasteiger partial charge >= 0.3 is 0 Å². The summed E-state index contributed by atoms with van der Waals surface area (Å²) in [4.78, 5) is 39.9. The van der Waals surface area contributed by atoms with Crippen LogP contribution in [0.25, 0.3) is 0 Å². The second-order valence-electron chi connectivity index (χ2n) is 8.37. The molecule has 0 saturated carbocycles. The molecule has 178 valence electrons. The van der Waals surface area contributed by atoms with E-state index in [-0.39, 0.29) is 36.2 Å². The van der Waals surface area contributed by atoms with Gasteiger partial charge in [-0.15, -0.1) is 12.4 Å². The third kappa shape index (κ3) is 7.67. The van der Waals surface area contributed by atoms with E-state index in [2.05, 4.69) is 15.5 Å². The van der Waals surface area contributed by atoms with Crippen molar-refractivity contribution in [3.05, 3.63) is 24.3 Å². The molecule has 2 aliphatic rings. The number of carbonyl (C=O) groups excluding carboxylic acids is 3. The Hall–Kier alpha value is -2.32. The Morgan fingerprint density at radius 1 is 1.00 bits per heavy atom. The van der Waals surface area contributed by atoms with E-state index in [0.29, 0.717) is 19.3 Å². The number of anilines is 2. The summed E-state index contributed by atoms with van der Waals surface area (Å²) in [5.74, 6) is -0.211. The third-order valence-electron chi connectivity index (χ3n) is 6.04. The van der Waals surface area contributed by atoms with Gasteiger partial charge in [-0.2, -0.15) is 0 Å². The molecule has 0 bridgehead atoms. The van der Waals surface area contributed by atoms with Crippen molar-refractivity contribution in [1.29, 1.82) is 0 Å². The van der Waals surface area contributed by atoms with Gasteiger partial charge < -0.3 is 20.9 Å². The van der Waals surface area contributed by atoms with E-state index >= 15 is 0 Å². The summed E-state index contributed by atoms with van der Waals surface area (Å²) in [6, 6.07) is 7.61. The molecule has 3 rings (SSSR count). The van der Waals surface area contributed by atoms with Gasteiger partial charge in [-0.1, -0.05) is 19.3 Å². The number of imide groups is 1. The topological polar surface area (TPSA) is 108 Å². The fourth-order valence-corrected chi connectivity index (χ4v) is 4.12. The van der Waals surface area contributed by atoms with Crippen LogP contribution in [0.3, 0.4) is 0 Å². The number of piperidine rings is 1. The summed E-state index contributed by atoms with van der Waals surface area (Å²) in [5, 5.41) is 5.56. The number of carbonyl (C=O) groups is 3. The molecule has 32 heavy (non-hydrogen) atoms. The van der Waals surface area contributed by atoms with Crippen LogP contribution >= 0.6 is 12.4 Å². The van der Waals surface area contributed by atoms with Crippen LogP contribution in [0.1, 0.15) is 51.4 Å². The fourth-order valence-electron chi connectivity index (χ4n) is 4.12. The van der Waals surface area contributed by atoms with Gasteiger partial charge in [-0.05, 0) is 50.1 Å². The van der Waals surface area contributed by atoms with Gasteiger partial charge in [0.05, 0.1) is 0 Å². The minimum absolute atomic E-state index is 0. The molecular weight excluding hydrogens is 430 g/mol. The molecule has 3 amide bonds.